The maximum atomic E-state index is 2.79. The van der Waals surface area contributed by atoms with Crippen LogP contribution in [0.5, 0.6) is 0 Å². The van der Waals surface area contributed by atoms with Gasteiger partial charge in [-0.15, -0.1) is 0 Å². The number of allylic oxidation sites excluding steroid dienone is 16. The molecule has 214 valence electrons. The number of hydrogen-bond acceptors (Lipinski definition) is 0. The molecular formula is C37H48Cl2Zr. The first-order valence-corrected chi connectivity index (χ1v) is 18.7. The van der Waals surface area contributed by atoms with E-state index in [9.17, 15) is 0 Å². The van der Waals surface area contributed by atoms with Gasteiger partial charge >= 0.3 is 241 Å². The van der Waals surface area contributed by atoms with E-state index in [-0.39, 0.29) is 62.7 Å². The minimum Gasteiger partial charge on any atom is -1.00 e. The van der Waals surface area contributed by atoms with Crippen molar-refractivity contribution in [2.45, 2.75) is 79.3 Å². The summed E-state index contributed by atoms with van der Waals surface area (Å²) in [6.07, 6.45) is 36.0. The van der Waals surface area contributed by atoms with Gasteiger partial charge in [-0.2, -0.15) is 0 Å². The fraction of sp³-hybridized carbons (Fsp3) is 0.541. The molecule has 0 amide bonds. The van der Waals surface area contributed by atoms with Crippen LogP contribution in [0.25, 0.3) is 0 Å². The molecule has 2 saturated carbocycles. The van der Waals surface area contributed by atoms with Gasteiger partial charge in [-0.3, -0.25) is 0 Å². The maximum Gasteiger partial charge on any atom is -1.00 e. The van der Waals surface area contributed by atoms with E-state index < -0.39 is 21.3 Å². The maximum absolute atomic E-state index is 2.79. The second-order valence-corrected chi connectivity index (χ2v) is 22.4. The van der Waals surface area contributed by atoms with Gasteiger partial charge in [0.05, 0.1) is 0 Å². The van der Waals surface area contributed by atoms with Crippen molar-refractivity contribution in [2.24, 2.45) is 43.8 Å². The molecule has 0 heterocycles. The third-order valence-electron chi connectivity index (χ3n) is 14.5. The minimum atomic E-state index is -2.30. The Balaban J connectivity index is 0.00000185. The molecule has 3 heteroatoms. The van der Waals surface area contributed by atoms with Crippen molar-refractivity contribution in [3.63, 3.8) is 0 Å². The third-order valence-corrected chi connectivity index (χ3v) is 23.6. The summed E-state index contributed by atoms with van der Waals surface area (Å²) < 4.78 is 4.25. The predicted octanol–water partition coefficient (Wildman–Crippen LogP) is 3.91. The average molecular weight is 655 g/mol. The van der Waals surface area contributed by atoms with E-state index in [0.29, 0.717) is 9.54 Å². The Kier molecular flexibility index (Phi) is 7.74. The largest absolute Gasteiger partial charge is 1.00 e. The molecule has 0 radical (unpaired) electrons. The zero-order valence-electron chi connectivity index (χ0n) is 26.2. The van der Waals surface area contributed by atoms with Crippen LogP contribution in [0, 0.1) is 43.8 Å². The van der Waals surface area contributed by atoms with Crippen molar-refractivity contribution in [1.29, 1.82) is 0 Å². The van der Waals surface area contributed by atoms with E-state index >= 15 is 0 Å². The SMILES string of the molecule is CC1=CC=CC2[CH]([Zr+2]([C]3=CC=CC3)=[C](C)C)C3(C)C4(C)C=CC=CC4(C)C4(C)C=CC=CC4(C)C3(C)C12C.[Cl-].[Cl-]. The summed E-state index contributed by atoms with van der Waals surface area (Å²) in [5, 5.41) is 0. The van der Waals surface area contributed by atoms with Crippen molar-refractivity contribution < 1.29 is 46.1 Å². The van der Waals surface area contributed by atoms with Gasteiger partial charge in [-0.1, -0.05) is 0 Å². The van der Waals surface area contributed by atoms with Gasteiger partial charge in [-0.05, 0) is 0 Å². The molecule has 2 fully saturated rings. The number of halogens is 2. The molecule has 40 heavy (non-hydrogen) atoms. The van der Waals surface area contributed by atoms with Gasteiger partial charge in [-0.25, -0.2) is 0 Å². The normalized spacial score (nSPS) is 48.4. The third kappa shape index (κ3) is 3.02. The molecule has 0 nitrogen and oxygen atoms in total. The molecule has 0 aliphatic heterocycles. The Bertz CT molecular complexity index is 1400. The molecule has 0 saturated heterocycles. The summed E-state index contributed by atoms with van der Waals surface area (Å²) >= 11 is -2.30. The van der Waals surface area contributed by atoms with Crippen LogP contribution < -0.4 is 24.8 Å². The Hall–Kier alpha value is -0.747. The number of fused-ring (bicyclic) bond motifs is 8. The molecule has 0 aromatic rings. The van der Waals surface area contributed by atoms with Crippen LogP contribution in [0.1, 0.15) is 75.7 Å². The number of hydrogen-bond donors (Lipinski definition) is 0. The molecule has 9 atom stereocenters. The molecule has 0 aromatic carbocycles. The van der Waals surface area contributed by atoms with Gasteiger partial charge in [0.1, 0.15) is 0 Å². The Labute approximate surface area is 264 Å². The molecule has 0 bridgehead atoms. The van der Waals surface area contributed by atoms with Gasteiger partial charge < -0.3 is 24.8 Å². The molecule has 6 rings (SSSR count). The van der Waals surface area contributed by atoms with Gasteiger partial charge in [0.2, 0.25) is 0 Å². The first-order chi connectivity index (χ1) is 17.7. The summed E-state index contributed by atoms with van der Waals surface area (Å²) in [6, 6.07) is 0. The molecule has 0 aromatic heterocycles. The van der Waals surface area contributed by atoms with Gasteiger partial charge in [0.25, 0.3) is 0 Å². The zero-order chi connectivity index (χ0) is 27.6. The summed E-state index contributed by atoms with van der Waals surface area (Å²) in [5.74, 6) is 0.548. The van der Waals surface area contributed by atoms with Crippen LogP contribution in [0.15, 0.2) is 93.9 Å². The summed E-state index contributed by atoms with van der Waals surface area (Å²) in [6.45, 7) is 26.2. The smallest absolute Gasteiger partial charge is 1.00 e. The second kappa shape index (κ2) is 9.63. The van der Waals surface area contributed by atoms with Crippen molar-refractivity contribution in [3.8, 4) is 0 Å². The van der Waals surface area contributed by atoms with E-state index in [2.05, 4.69) is 154 Å². The first kappa shape index (κ1) is 32.2. The van der Waals surface area contributed by atoms with Crippen LogP contribution in [0.4, 0.5) is 0 Å². The predicted molar refractivity (Wildman–Crippen MR) is 162 cm³/mol. The molecule has 0 spiro atoms. The second-order valence-electron chi connectivity index (χ2n) is 14.8. The molecule has 0 N–H and O–H groups in total. The Morgan fingerprint density at radius 2 is 1.23 bits per heavy atom. The number of rotatable bonds is 2. The summed E-state index contributed by atoms with van der Waals surface area (Å²) in [7, 11) is 0. The minimum absolute atomic E-state index is 0. The van der Waals surface area contributed by atoms with Crippen molar-refractivity contribution in [2.75, 3.05) is 0 Å². The average Bonchev–Trinajstić information content (AvgIpc) is 3.45. The van der Waals surface area contributed by atoms with Crippen LogP contribution in [-0.4, -0.2) is 3.21 Å². The van der Waals surface area contributed by atoms with Crippen LogP contribution in [0.2, 0.25) is 3.63 Å². The Morgan fingerprint density at radius 3 is 1.75 bits per heavy atom. The van der Waals surface area contributed by atoms with Crippen LogP contribution >= 0.6 is 0 Å². The first-order valence-electron chi connectivity index (χ1n) is 14.9. The Morgan fingerprint density at radius 1 is 0.700 bits per heavy atom. The fourth-order valence-electron chi connectivity index (χ4n) is 11.7. The van der Waals surface area contributed by atoms with Gasteiger partial charge in [0.15, 0.2) is 0 Å². The van der Waals surface area contributed by atoms with Crippen molar-refractivity contribution in [3.05, 3.63) is 93.9 Å². The van der Waals surface area contributed by atoms with E-state index in [0.717, 1.165) is 0 Å². The van der Waals surface area contributed by atoms with E-state index in [1.165, 1.54) is 6.42 Å². The molecule has 6 aliphatic carbocycles. The van der Waals surface area contributed by atoms with E-state index in [1.54, 1.807) is 8.78 Å². The standard InChI is InChI=1S/C29H37.C5H5.C3H6.2ClH.Zr/c1-21-14-13-15-22-20-27(6)25(4)18-10-9-16-23(25,2)24(3)17-11-12-19-26(24,5)29(27,8)28(21,22)7;1-2-4-5-3-1;1-3-2;;;/h9-20,22H,1-8H3;1-3H,4H2;1-2H3;2*1H;/q;;;;;+2/p-2. The van der Waals surface area contributed by atoms with E-state index in [1.807, 2.05) is 3.28 Å². The summed E-state index contributed by atoms with van der Waals surface area (Å²) in [4.78, 5) is 0. The molecular weight excluding hydrogens is 607 g/mol. The fourth-order valence-corrected chi connectivity index (χ4v) is 22.1. The quantitative estimate of drug-likeness (QED) is 0.424. The molecule has 9 unspecified atom stereocenters. The van der Waals surface area contributed by atoms with Crippen molar-refractivity contribution in [1.82, 2.24) is 0 Å². The van der Waals surface area contributed by atoms with Crippen LogP contribution in [-0.2, 0) is 21.3 Å². The zero-order valence-corrected chi connectivity index (χ0v) is 30.2. The van der Waals surface area contributed by atoms with E-state index in [4.69, 9.17) is 0 Å². The van der Waals surface area contributed by atoms with Crippen LogP contribution in [0.3, 0.4) is 0 Å². The van der Waals surface area contributed by atoms with Crippen molar-refractivity contribution >= 4 is 3.21 Å². The van der Waals surface area contributed by atoms with Gasteiger partial charge in [0, 0.05) is 0 Å². The molecule has 6 aliphatic rings. The monoisotopic (exact) mass is 652 g/mol. The topological polar surface area (TPSA) is 0 Å². The summed E-state index contributed by atoms with van der Waals surface area (Å²) in [5.41, 5.74) is 1.71.